The van der Waals surface area contributed by atoms with E-state index in [1.54, 1.807) is 0 Å². The van der Waals surface area contributed by atoms with Crippen LogP contribution in [0.2, 0.25) is 0 Å². The van der Waals surface area contributed by atoms with Gasteiger partial charge in [0.05, 0.1) is 5.92 Å². The molecule has 1 saturated carbocycles. The number of rotatable bonds is 3. The summed E-state index contributed by atoms with van der Waals surface area (Å²) in [5.74, 6) is -1.36. The Bertz CT molecular complexity index is 476. The highest BCUT2D eigenvalue weighted by atomic mass is 19.4. The minimum absolute atomic E-state index is 0.178. The Morgan fingerprint density at radius 1 is 1.17 bits per heavy atom. The predicted octanol–water partition coefficient (Wildman–Crippen LogP) is 3.55. The van der Waals surface area contributed by atoms with Gasteiger partial charge in [0.15, 0.2) is 0 Å². The van der Waals surface area contributed by atoms with Gasteiger partial charge in [0.1, 0.15) is 12.6 Å². The first kappa shape index (κ1) is 19.1. The smallest absolute Gasteiger partial charge is 0.406 e. The maximum Gasteiger partial charge on any atom is 0.406 e. The molecule has 0 aromatic rings. The van der Waals surface area contributed by atoms with Crippen molar-refractivity contribution in [1.82, 2.24) is 4.90 Å². The third kappa shape index (κ3) is 5.11. The second kappa shape index (κ2) is 6.92. The molecule has 1 aliphatic carbocycles. The molecule has 7 heteroatoms. The van der Waals surface area contributed by atoms with Gasteiger partial charge in [0.25, 0.3) is 0 Å². The van der Waals surface area contributed by atoms with E-state index in [0.717, 1.165) is 25.7 Å². The lowest BCUT2D eigenvalue weighted by Crippen LogP contribution is -2.36. The Kier molecular flexibility index (Phi) is 5.50. The number of amides is 1. The number of carbonyl (C=O) groups is 2. The number of ether oxygens (including phenoxy) is 1. The van der Waals surface area contributed by atoms with E-state index in [2.05, 4.69) is 20.8 Å². The molecule has 2 fully saturated rings. The van der Waals surface area contributed by atoms with Gasteiger partial charge in [-0.2, -0.15) is 13.2 Å². The van der Waals surface area contributed by atoms with Gasteiger partial charge < -0.3 is 9.64 Å². The fourth-order valence-electron chi connectivity index (χ4n) is 3.61. The lowest BCUT2D eigenvalue weighted by molar-refractivity contribution is -0.159. The minimum Gasteiger partial charge on any atom is -0.462 e. The molecular formula is C17H26F3NO3. The van der Waals surface area contributed by atoms with E-state index < -0.39 is 30.5 Å². The van der Waals surface area contributed by atoms with Crippen molar-refractivity contribution in [2.45, 2.75) is 65.2 Å². The van der Waals surface area contributed by atoms with Gasteiger partial charge in [-0.05, 0) is 37.0 Å². The van der Waals surface area contributed by atoms with E-state index in [1.807, 2.05) is 0 Å². The number of carbonyl (C=O) groups excluding carboxylic acids is 2. The third-order valence-electron chi connectivity index (χ3n) is 5.10. The minimum atomic E-state index is -4.44. The highest BCUT2D eigenvalue weighted by Gasteiger charge is 2.42. The van der Waals surface area contributed by atoms with Crippen molar-refractivity contribution in [2.24, 2.45) is 17.3 Å². The first-order chi connectivity index (χ1) is 11.0. The Balaban J connectivity index is 1.81. The Hall–Kier alpha value is -1.27. The van der Waals surface area contributed by atoms with E-state index in [0.29, 0.717) is 10.8 Å². The zero-order valence-corrected chi connectivity index (χ0v) is 14.5. The summed E-state index contributed by atoms with van der Waals surface area (Å²) in [4.78, 5) is 24.5. The SMILES string of the molecule is CC(C)(C)C1CCC(OC(=O)C2CC(=O)N(CC(F)(F)F)C2)CC1. The second-order valence-electron chi connectivity index (χ2n) is 8.07. The van der Waals surface area contributed by atoms with Gasteiger partial charge in [0, 0.05) is 13.0 Å². The molecule has 1 atom stereocenters. The molecule has 0 aromatic heterocycles. The van der Waals surface area contributed by atoms with Crippen LogP contribution in [0.3, 0.4) is 0 Å². The monoisotopic (exact) mass is 349 g/mol. The average Bonchev–Trinajstić information content (AvgIpc) is 2.78. The number of hydrogen-bond acceptors (Lipinski definition) is 3. The number of likely N-dealkylation sites (tertiary alicyclic amines) is 1. The highest BCUT2D eigenvalue weighted by molar-refractivity contribution is 5.86. The molecule has 2 aliphatic rings. The molecule has 2 rings (SSSR count). The molecule has 1 amide bonds. The van der Waals surface area contributed by atoms with Crippen molar-refractivity contribution in [3.63, 3.8) is 0 Å². The van der Waals surface area contributed by atoms with Gasteiger partial charge >= 0.3 is 12.1 Å². The van der Waals surface area contributed by atoms with Crippen LogP contribution in [-0.2, 0) is 14.3 Å². The van der Waals surface area contributed by atoms with Crippen molar-refractivity contribution in [1.29, 1.82) is 0 Å². The molecule has 1 heterocycles. The molecular weight excluding hydrogens is 323 g/mol. The van der Waals surface area contributed by atoms with Crippen LogP contribution in [0.5, 0.6) is 0 Å². The summed E-state index contributed by atoms with van der Waals surface area (Å²) in [6.45, 7) is 5.09. The first-order valence-corrected chi connectivity index (χ1v) is 8.51. The van der Waals surface area contributed by atoms with Gasteiger partial charge in [-0.15, -0.1) is 0 Å². The van der Waals surface area contributed by atoms with E-state index in [9.17, 15) is 22.8 Å². The van der Waals surface area contributed by atoms with Crippen LogP contribution in [0, 0.1) is 17.3 Å². The standard InChI is InChI=1S/C17H26F3NO3/c1-16(2,3)12-4-6-13(7-5-12)24-15(23)11-8-14(22)21(9-11)10-17(18,19)20/h11-13H,4-10H2,1-3H3. The summed E-state index contributed by atoms with van der Waals surface area (Å²) in [6, 6.07) is 0. The van der Waals surface area contributed by atoms with Crippen LogP contribution in [0.15, 0.2) is 0 Å². The first-order valence-electron chi connectivity index (χ1n) is 8.51. The van der Waals surface area contributed by atoms with Crippen LogP contribution in [-0.4, -0.2) is 42.1 Å². The fraction of sp³-hybridized carbons (Fsp3) is 0.882. The zero-order valence-electron chi connectivity index (χ0n) is 14.5. The summed E-state index contributed by atoms with van der Waals surface area (Å²) < 4.78 is 42.7. The quantitative estimate of drug-likeness (QED) is 0.732. The summed E-state index contributed by atoms with van der Waals surface area (Å²) in [6.07, 6.45) is -1.30. The normalized spacial score (nSPS) is 29.0. The largest absolute Gasteiger partial charge is 0.462 e. The molecule has 1 aliphatic heterocycles. The molecule has 0 bridgehead atoms. The fourth-order valence-corrected chi connectivity index (χ4v) is 3.61. The third-order valence-corrected chi connectivity index (χ3v) is 5.10. The number of esters is 1. The highest BCUT2D eigenvalue weighted by Crippen LogP contribution is 2.38. The van der Waals surface area contributed by atoms with Crippen LogP contribution >= 0.6 is 0 Å². The lowest BCUT2D eigenvalue weighted by Gasteiger charge is -2.36. The maximum absolute atomic E-state index is 12.4. The molecule has 0 aromatic carbocycles. The van der Waals surface area contributed by atoms with Gasteiger partial charge in [0.2, 0.25) is 5.91 Å². The number of alkyl halides is 3. The molecule has 138 valence electrons. The summed E-state index contributed by atoms with van der Waals surface area (Å²) >= 11 is 0. The Morgan fingerprint density at radius 3 is 2.25 bits per heavy atom. The number of halogens is 3. The van der Waals surface area contributed by atoms with Crippen molar-refractivity contribution in [3.8, 4) is 0 Å². The molecule has 0 spiro atoms. The van der Waals surface area contributed by atoms with Gasteiger partial charge in [-0.3, -0.25) is 9.59 Å². The second-order valence-corrected chi connectivity index (χ2v) is 8.07. The Morgan fingerprint density at radius 2 is 1.75 bits per heavy atom. The molecule has 24 heavy (non-hydrogen) atoms. The molecule has 0 radical (unpaired) electrons. The van der Waals surface area contributed by atoms with Gasteiger partial charge in [-0.1, -0.05) is 20.8 Å². The van der Waals surface area contributed by atoms with E-state index >= 15 is 0 Å². The summed E-state index contributed by atoms with van der Waals surface area (Å²) in [7, 11) is 0. The predicted molar refractivity (Wildman–Crippen MR) is 82.0 cm³/mol. The molecule has 1 unspecified atom stereocenters. The van der Waals surface area contributed by atoms with Crippen molar-refractivity contribution < 1.29 is 27.5 Å². The molecule has 4 nitrogen and oxygen atoms in total. The maximum atomic E-state index is 12.4. The van der Waals surface area contributed by atoms with Crippen molar-refractivity contribution in [2.75, 3.05) is 13.1 Å². The van der Waals surface area contributed by atoms with Crippen molar-refractivity contribution in [3.05, 3.63) is 0 Å². The van der Waals surface area contributed by atoms with Gasteiger partial charge in [-0.25, -0.2) is 0 Å². The van der Waals surface area contributed by atoms with E-state index in [-0.39, 0.29) is 24.5 Å². The summed E-state index contributed by atoms with van der Waals surface area (Å²) in [5.41, 5.74) is 0.227. The zero-order chi connectivity index (χ0) is 18.1. The van der Waals surface area contributed by atoms with E-state index in [1.165, 1.54) is 0 Å². The lowest BCUT2D eigenvalue weighted by atomic mass is 9.72. The average molecular weight is 349 g/mol. The molecule has 0 N–H and O–H groups in total. The van der Waals surface area contributed by atoms with Crippen LogP contribution in [0.4, 0.5) is 13.2 Å². The van der Waals surface area contributed by atoms with Crippen LogP contribution < -0.4 is 0 Å². The molecule has 1 saturated heterocycles. The number of hydrogen-bond donors (Lipinski definition) is 0. The number of nitrogens with zero attached hydrogens (tertiary/aromatic N) is 1. The van der Waals surface area contributed by atoms with Crippen molar-refractivity contribution >= 4 is 11.9 Å². The van der Waals surface area contributed by atoms with E-state index in [4.69, 9.17) is 4.74 Å². The summed E-state index contributed by atoms with van der Waals surface area (Å²) in [5, 5.41) is 0. The van der Waals surface area contributed by atoms with Crippen LogP contribution in [0.1, 0.15) is 52.9 Å². The van der Waals surface area contributed by atoms with Crippen LogP contribution in [0.25, 0.3) is 0 Å². The Labute approximate surface area is 140 Å². The topological polar surface area (TPSA) is 46.6 Å².